The molecule has 7 N–H and O–H groups in total. The Labute approximate surface area is 554 Å². The van der Waals surface area contributed by atoms with Crippen LogP contribution in [0.2, 0.25) is 0 Å². The van der Waals surface area contributed by atoms with Crippen LogP contribution in [0.25, 0.3) is 22.1 Å². The molecule has 95 heavy (non-hydrogen) atoms. The summed E-state index contributed by atoms with van der Waals surface area (Å²) in [4.78, 5) is 109. The summed E-state index contributed by atoms with van der Waals surface area (Å²) in [6.07, 6.45) is 13.9. The fourth-order valence-corrected chi connectivity index (χ4v) is 9.04. The number of imidazole rings is 2. The Morgan fingerprint density at radius 1 is 0.495 bits per heavy atom. The fraction of sp³-hybridized carbons (Fsp3) is 0.292. The van der Waals surface area contributed by atoms with Crippen LogP contribution in [0.1, 0.15) is 136 Å². The van der Waals surface area contributed by atoms with Crippen LogP contribution >= 0.6 is 0 Å². The van der Waals surface area contributed by atoms with Crippen molar-refractivity contribution in [2.75, 3.05) is 13.1 Å². The number of hydrogen-bond donors (Lipinski definition) is 7. The molecule has 8 heterocycles. The first kappa shape index (κ1) is 71.3. The molecule has 0 aliphatic carbocycles. The van der Waals surface area contributed by atoms with E-state index in [4.69, 9.17) is 23.5 Å². The van der Waals surface area contributed by atoms with Crippen LogP contribution < -0.4 is 21.3 Å². The number of pyridine rings is 3. The summed E-state index contributed by atoms with van der Waals surface area (Å²) in [5.74, 6) is 1.21. The van der Waals surface area contributed by atoms with E-state index in [1.165, 1.54) is 6.07 Å². The van der Waals surface area contributed by atoms with Gasteiger partial charge < -0.3 is 49.9 Å². The number of carbonyl (C=O) groups is 5. The number of amides is 3. The van der Waals surface area contributed by atoms with E-state index in [1.807, 2.05) is 91.0 Å². The number of aromatic amines is 2. The van der Waals surface area contributed by atoms with E-state index in [1.54, 1.807) is 48.9 Å². The van der Waals surface area contributed by atoms with Crippen molar-refractivity contribution < 1.29 is 64.6 Å². The molecule has 29 nitrogen and oxygen atoms in total. The summed E-state index contributed by atoms with van der Waals surface area (Å²) in [6.45, 7) is 3.42. The minimum Gasteiger partial charge on any atom is -0.481 e. The molecule has 8 aromatic heterocycles. The number of carbonyl (C=O) groups excluding carboxylic acids is 4. The molecule has 0 unspecified atom stereocenters. The quantitative estimate of drug-likeness (QED) is 0.00965. The number of nitrogens with zero attached hydrogens (tertiary/aromatic N) is 12. The second-order valence-corrected chi connectivity index (χ2v) is 20.9. The number of aryl methyl sites for hydroxylation is 3. The zero-order chi connectivity index (χ0) is 66.1. The predicted octanol–water partition coefficient (Wildman–Crippen LogP) is 8.18. The number of nitrogens with one attached hydrogen (secondary N) is 6. The monoisotopic (exact) mass is 1330 g/mol. The van der Waals surface area contributed by atoms with Crippen molar-refractivity contribution in [2.45, 2.75) is 110 Å². The predicted molar refractivity (Wildman–Crippen MR) is 340 cm³/mol. The molecule has 0 aliphatic heterocycles. The Hall–Kier alpha value is -11.1. The molecule has 0 spiro atoms. The number of carboxylic acids is 1. The number of Topliss-reactive ketones (excluding diaryl/α,β-unsaturated/α-hetero) is 1. The van der Waals surface area contributed by atoms with Crippen LogP contribution in [0.4, 0.5) is 5.69 Å². The van der Waals surface area contributed by atoms with Gasteiger partial charge in [-0.2, -0.15) is 15.0 Å². The molecule has 30 heteroatoms. The van der Waals surface area contributed by atoms with Gasteiger partial charge in [0.05, 0.1) is 63.7 Å². The van der Waals surface area contributed by atoms with Gasteiger partial charge in [-0.25, -0.2) is 9.97 Å². The normalized spacial score (nSPS) is 10.6. The Morgan fingerprint density at radius 3 is 1.35 bits per heavy atom. The molecule has 0 saturated carbocycles. The van der Waals surface area contributed by atoms with E-state index in [0.29, 0.717) is 75.0 Å². The van der Waals surface area contributed by atoms with Crippen LogP contribution in [0.15, 0.2) is 160 Å². The number of benzene rings is 3. The number of aromatic nitrogens is 13. The molecular weight excluding hydrogens is 1260 g/mol. The number of nitro benzene ring substituents is 1. The van der Waals surface area contributed by atoms with E-state index >= 15 is 0 Å². The minimum absolute atomic E-state index is 0. The van der Waals surface area contributed by atoms with E-state index in [2.05, 4.69) is 86.6 Å². The van der Waals surface area contributed by atoms with Crippen LogP contribution in [0.5, 0.6) is 0 Å². The summed E-state index contributed by atoms with van der Waals surface area (Å²) in [7, 11) is 0. The first-order chi connectivity index (χ1) is 45.8. The molecule has 11 rings (SSSR count). The van der Waals surface area contributed by atoms with Gasteiger partial charge in [-0.3, -0.25) is 49.0 Å². The van der Waals surface area contributed by atoms with Crippen molar-refractivity contribution in [3.8, 4) is 0 Å². The fourth-order valence-electron chi connectivity index (χ4n) is 9.04. The first-order valence-electron chi connectivity index (χ1n) is 30.4. The number of aliphatic carboxylic acids is 1. The van der Waals surface area contributed by atoms with Gasteiger partial charge in [0.15, 0.2) is 0 Å². The SMILES string of the molecule is CC(=O)O.O=C(CCCCCc1nc(C(=O)NCc2ccccn2)no1)Cc1ccccc1[N+](=O)[O-].O=C(NCc1ccccn1)c1noc(CCCCCc2nc3ccccc3[nH]2)n1.O=C(NCc1ccccn1)c1noc(CCNCCc2nc3ccccc3[nH]2)n1.[Fe]. The van der Waals surface area contributed by atoms with Crippen LogP contribution in [-0.4, -0.2) is 118 Å². The second kappa shape index (κ2) is 38.7. The third-order valence-electron chi connectivity index (χ3n) is 13.6. The van der Waals surface area contributed by atoms with Crippen molar-refractivity contribution in [1.29, 1.82) is 0 Å². The molecule has 11 aromatic rings. The number of para-hydroxylation sites is 5. The second-order valence-electron chi connectivity index (χ2n) is 20.9. The maximum atomic E-state index is 12.2. The van der Waals surface area contributed by atoms with Crippen molar-refractivity contribution in [1.82, 2.24) is 86.6 Å². The average Bonchev–Trinajstić information content (AvgIpc) is 2.63. The number of hydrogen-bond acceptors (Lipinski definition) is 22. The summed E-state index contributed by atoms with van der Waals surface area (Å²) >= 11 is 0. The summed E-state index contributed by atoms with van der Waals surface area (Å²) in [5.41, 5.74) is 6.75. The van der Waals surface area contributed by atoms with Gasteiger partial charge in [0, 0.05) is 112 Å². The Morgan fingerprint density at radius 2 is 0.895 bits per heavy atom. The Bertz CT molecular complexity index is 3920. The molecule has 0 saturated heterocycles. The standard InChI is InChI=1S/C22H23N5O5.C21H22N6O2.C20H21N7O2.C2H4O2.Fe/c28-18(14-16-8-4-5-11-19(16)27(30)31)10-2-1-3-12-20-25-21(26-32-20)22(29)24-15-17-9-6-7-13-23-17;28-21(23-14-15-8-6-7-13-22-15)20-26-19(29-27-20)12-3-1-2-11-18-24-16-9-4-5-10-17(16)25-18;28-20(23-13-14-5-3-4-10-22-14)19-26-18(29-27-19)9-12-21-11-8-17-24-15-6-1-2-7-16(15)25-17;1-2(3)4;/h4-9,11,13H,1-3,10,12,14-15H2,(H,24,29);4-10,13H,1-3,11-12,14H2,(H,23,28)(H,24,25);1-7,10,21H,8-9,11-13H2,(H,23,28)(H,24,25);1H3,(H,3,4);. The molecule has 494 valence electrons. The van der Waals surface area contributed by atoms with Crippen molar-refractivity contribution in [2.24, 2.45) is 0 Å². The molecule has 3 amide bonds. The molecule has 0 aliphatic rings. The number of unbranched alkanes of at least 4 members (excludes halogenated alkanes) is 4. The van der Waals surface area contributed by atoms with Crippen LogP contribution in [0.3, 0.4) is 0 Å². The van der Waals surface area contributed by atoms with E-state index in [-0.39, 0.29) is 70.8 Å². The summed E-state index contributed by atoms with van der Waals surface area (Å²) in [5, 5.41) is 41.1. The summed E-state index contributed by atoms with van der Waals surface area (Å²) in [6, 6.07) is 38.8. The smallest absolute Gasteiger partial charge is 0.300 e. The molecule has 0 fully saturated rings. The van der Waals surface area contributed by atoms with Gasteiger partial charge in [-0.05, 0) is 86.3 Å². The van der Waals surface area contributed by atoms with Crippen molar-refractivity contribution >= 4 is 57.2 Å². The van der Waals surface area contributed by atoms with Crippen molar-refractivity contribution in [3.63, 3.8) is 0 Å². The zero-order valence-electron chi connectivity index (χ0n) is 51.8. The van der Waals surface area contributed by atoms with Crippen LogP contribution in [0, 0.1) is 10.1 Å². The Balaban J connectivity index is 0.000000195. The number of carboxylic acid groups (broad SMARTS) is 1. The third kappa shape index (κ3) is 24.8. The third-order valence-corrected chi connectivity index (χ3v) is 13.6. The minimum atomic E-state index is -0.833. The maximum absolute atomic E-state index is 12.2. The maximum Gasteiger partial charge on any atom is 0.300 e. The number of ketones is 1. The molecule has 0 bridgehead atoms. The van der Waals surface area contributed by atoms with Gasteiger partial charge in [0.2, 0.25) is 17.7 Å². The number of rotatable bonds is 30. The number of H-pyrrole nitrogens is 2. The zero-order valence-corrected chi connectivity index (χ0v) is 52.9. The van der Waals surface area contributed by atoms with E-state index in [9.17, 15) is 29.3 Å². The average molecular weight is 1340 g/mol. The summed E-state index contributed by atoms with van der Waals surface area (Å²) < 4.78 is 15.4. The molecular formula is C65H70FeN18O11. The van der Waals surface area contributed by atoms with Gasteiger partial charge >= 0.3 is 0 Å². The number of nitro groups is 1. The topological polar surface area (TPSA) is 410 Å². The first-order valence-corrected chi connectivity index (χ1v) is 30.4. The van der Waals surface area contributed by atoms with Gasteiger partial charge in [0.25, 0.3) is 46.9 Å². The molecule has 0 atom stereocenters. The number of fused-ring (bicyclic) bond motifs is 2. The Kier molecular flexibility index (Phi) is 29.0. The van der Waals surface area contributed by atoms with Gasteiger partial charge in [0.1, 0.15) is 17.4 Å². The van der Waals surface area contributed by atoms with Gasteiger partial charge in [-0.15, -0.1) is 0 Å². The van der Waals surface area contributed by atoms with Crippen molar-refractivity contribution in [3.05, 3.63) is 226 Å². The molecule has 0 radical (unpaired) electrons. The van der Waals surface area contributed by atoms with E-state index in [0.717, 1.165) is 109 Å². The van der Waals surface area contributed by atoms with Crippen LogP contribution in [-0.2, 0) is 84.8 Å². The van der Waals surface area contributed by atoms with Gasteiger partial charge in [-0.1, -0.05) is 89.0 Å². The largest absolute Gasteiger partial charge is 0.481 e. The molecule has 3 aromatic carbocycles. The van der Waals surface area contributed by atoms with E-state index < -0.39 is 16.8 Å².